The summed E-state index contributed by atoms with van der Waals surface area (Å²) in [7, 11) is -6.32. The van der Waals surface area contributed by atoms with Crippen LogP contribution in [0.3, 0.4) is 0 Å². The number of para-hydroxylation sites is 2. The Balaban J connectivity index is 1.26. The predicted octanol–water partition coefficient (Wildman–Crippen LogP) is 8.45. The summed E-state index contributed by atoms with van der Waals surface area (Å²) in [6, 6.07) is 95.4. The van der Waals surface area contributed by atoms with Gasteiger partial charge in [-0.15, -0.1) is 0 Å². The van der Waals surface area contributed by atoms with Crippen LogP contribution in [0.25, 0.3) is 50.5 Å². The second kappa shape index (κ2) is 17.9. The number of hydrogen-bond acceptors (Lipinski definition) is 4. The summed E-state index contributed by atoms with van der Waals surface area (Å²) >= 11 is 0. The fraction of sp³-hybridized carbons (Fsp3) is 0. The molecule has 3 heterocycles. The van der Waals surface area contributed by atoms with Crippen molar-refractivity contribution >= 4 is 79.4 Å². The molecule has 0 aliphatic heterocycles. The number of nitrogens with zero attached hydrogens (tertiary/aromatic N) is 5. The van der Waals surface area contributed by atoms with E-state index < -0.39 is 16.1 Å². The summed E-state index contributed by atoms with van der Waals surface area (Å²) in [6.07, 6.45) is 3.63. The Kier molecular flexibility index (Phi) is 10.8. The first-order valence-electron chi connectivity index (χ1n) is 23.4. The Morgan fingerprint density at radius 2 is 0.638 bits per heavy atom. The van der Waals surface area contributed by atoms with Crippen molar-refractivity contribution < 1.29 is 0 Å². The maximum absolute atomic E-state index is 5.61. The lowest BCUT2D eigenvalue weighted by atomic mass is 10.2. The van der Waals surface area contributed by atoms with E-state index in [1.807, 2.05) is 18.3 Å². The maximum Gasteiger partial charge on any atom is 0.238 e. The Labute approximate surface area is 403 Å². The van der Waals surface area contributed by atoms with E-state index >= 15 is 0 Å². The summed E-state index contributed by atoms with van der Waals surface area (Å²) in [5.74, 6) is 1.67. The molecule has 326 valence electrons. The third kappa shape index (κ3) is 7.15. The van der Waals surface area contributed by atoms with Crippen LogP contribution < -0.4 is 41.5 Å². The van der Waals surface area contributed by atoms with Crippen molar-refractivity contribution in [2.45, 2.75) is 0 Å². The van der Waals surface area contributed by atoms with E-state index in [0.717, 1.165) is 32.9 Å². The minimum atomic E-state index is -3.16. The number of aromatic nitrogens is 5. The van der Waals surface area contributed by atoms with Gasteiger partial charge in [-0.05, 0) is 65.8 Å². The summed E-state index contributed by atoms with van der Waals surface area (Å²) in [4.78, 5) is 21.0. The van der Waals surface area contributed by atoms with Gasteiger partial charge >= 0.3 is 0 Å². The number of pyridine rings is 1. The first kappa shape index (κ1) is 41.8. The molecular formula is C62H45N5Si2. The van der Waals surface area contributed by atoms with E-state index in [0.29, 0.717) is 17.6 Å². The molecule has 0 saturated carbocycles. The van der Waals surface area contributed by atoms with Gasteiger partial charge in [0.1, 0.15) is 0 Å². The van der Waals surface area contributed by atoms with E-state index in [2.05, 4.69) is 258 Å². The zero-order valence-corrected chi connectivity index (χ0v) is 39.7. The first-order chi connectivity index (χ1) is 34.2. The standard InChI is InChI=1S/C62H45N5Si2/c1-7-25-48(26-8-1)68(49-27-9-2-10-28-49,50-29-11-3-12-30-50)54-42-47(43-55(44-54)69(51-31-13-4-14-32-51,52-33-15-5-16-34-52)53-35-17-6-18-36-53)61-64-60(46-24-23-41-63-45-46)65-62(66-61)67-58-39-21-19-37-56(58)57-38-20-22-40-59(57)67/h1-45H. The van der Waals surface area contributed by atoms with Gasteiger partial charge in [0.15, 0.2) is 27.8 Å². The number of fused-ring (bicyclic) bond motifs is 3. The highest BCUT2D eigenvalue weighted by atomic mass is 28.3. The van der Waals surface area contributed by atoms with Gasteiger partial charge in [-0.1, -0.05) is 237 Å². The molecule has 0 aliphatic carbocycles. The van der Waals surface area contributed by atoms with E-state index in [9.17, 15) is 0 Å². The summed E-state index contributed by atoms with van der Waals surface area (Å²) in [5, 5.41) is 12.5. The van der Waals surface area contributed by atoms with Crippen LogP contribution in [0.1, 0.15) is 0 Å². The Hall–Kier alpha value is -8.63. The molecule has 5 nitrogen and oxygen atoms in total. The van der Waals surface area contributed by atoms with Crippen LogP contribution in [0.4, 0.5) is 0 Å². The molecule has 0 amide bonds. The monoisotopic (exact) mass is 915 g/mol. The van der Waals surface area contributed by atoms with Crippen molar-refractivity contribution in [1.82, 2.24) is 24.5 Å². The highest BCUT2D eigenvalue weighted by Crippen LogP contribution is 2.32. The molecule has 0 atom stereocenters. The van der Waals surface area contributed by atoms with Gasteiger partial charge in [0.2, 0.25) is 5.95 Å². The Morgan fingerprint density at radius 1 is 0.290 bits per heavy atom. The highest BCUT2D eigenvalue weighted by Gasteiger charge is 2.46. The predicted molar refractivity (Wildman–Crippen MR) is 290 cm³/mol. The number of rotatable bonds is 11. The van der Waals surface area contributed by atoms with Crippen molar-refractivity contribution in [2.75, 3.05) is 0 Å². The SMILES string of the molecule is c1ccc([Si](c2ccccc2)(c2ccccc2)c2cc(-c3nc(-c4cccnc4)nc(-n4c5ccccc5c5ccccc54)n3)cc([Si](c3ccccc3)(c3ccccc3)c3ccccc3)c2)cc1. The highest BCUT2D eigenvalue weighted by molar-refractivity contribution is 7.22. The minimum Gasteiger partial charge on any atom is -0.278 e. The maximum atomic E-state index is 5.61. The molecule has 9 aromatic carbocycles. The molecule has 0 unspecified atom stereocenters. The molecular weight excluding hydrogens is 871 g/mol. The van der Waals surface area contributed by atoms with Crippen molar-refractivity contribution in [3.8, 4) is 28.7 Å². The van der Waals surface area contributed by atoms with Crippen LogP contribution in [0.5, 0.6) is 0 Å². The molecule has 0 N–H and O–H groups in total. The molecule has 7 heteroatoms. The molecule has 12 aromatic rings. The van der Waals surface area contributed by atoms with Gasteiger partial charge < -0.3 is 0 Å². The van der Waals surface area contributed by atoms with Crippen LogP contribution in [-0.2, 0) is 0 Å². The minimum absolute atomic E-state index is 0.540. The molecule has 0 aliphatic rings. The van der Waals surface area contributed by atoms with Crippen molar-refractivity contribution in [3.63, 3.8) is 0 Å². The van der Waals surface area contributed by atoms with Gasteiger partial charge in [0, 0.05) is 34.3 Å². The Morgan fingerprint density at radius 3 is 1.00 bits per heavy atom. The molecule has 0 saturated heterocycles. The quantitative estimate of drug-likeness (QED) is 0.0967. The number of hydrogen-bond donors (Lipinski definition) is 0. The lowest BCUT2D eigenvalue weighted by Crippen LogP contribution is -2.78. The van der Waals surface area contributed by atoms with E-state index in [1.165, 1.54) is 41.5 Å². The molecule has 0 fully saturated rings. The smallest absolute Gasteiger partial charge is 0.238 e. The fourth-order valence-corrected chi connectivity index (χ4v) is 20.5. The van der Waals surface area contributed by atoms with Crippen molar-refractivity contribution in [3.05, 3.63) is 273 Å². The summed E-state index contributed by atoms with van der Waals surface area (Å²) < 4.78 is 2.19. The van der Waals surface area contributed by atoms with Crippen LogP contribution in [0.15, 0.2) is 273 Å². The van der Waals surface area contributed by atoms with E-state index in [-0.39, 0.29) is 0 Å². The summed E-state index contributed by atoms with van der Waals surface area (Å²) in [5.41, 5.74) is 3.77. The molecule has 0 radical (unpaired) electrons. The van der Waals surface area contributed by atoms with Crippen molar-refractivity contribution in [2.24, 2.45) is 0 Å². The molecule has 12 rings (SSSR count). The van der Waals surface area contributed by atoms with Crippen LogP contribution in [0, 0.1) is 0 Å². The van der Waals surface area contributed by atoms with Gasteiger partial charge in [-0.3, -0.25) is 9.55 Å². The lowest BCUT2D eigenvalue weighted by molar-refractivity contribution is 0.952. The third-order valence-corrected chi connectivity index (χ3v) is 23.1. The van der Waals surface area contributed by atoms with Gasteiger partial charge in [0.05, 0.1) is 11.0 Å². The van der Waals surface area contributed by atoms with E-state index in [4.69, 9.17) is 15.0 Å². The zero-order chi connectivity index (χ0) is 46.0. The number of benzene rings is 9. The molecule has 0 bridgehead atoms. The third-order valence-electron chi connectivity index (χ3n) is 13.6. The van der Waals surface area contributed by atoms with Crippen molar-refractivity contribution in [1.29, 1.82) is 0 Å². The zero-order valence-electron chi connectivity index (χ0n) is 37.7. The molecule has 3 aromatic heterocycles. The topological polar surface area (TPSA) is 56.5 Å². The van der Waals surface area contributed by atoms with Crippen LogP contribution >= 0.6 is 0 Å². The van der Waals surface area contributed by atoms with Gasteiger partial charge in [-0.2, -0.15) is 9.97 Å². The summed E-state index contributed by atoms with van der Waals surface area (Å²) in [6.45, 7) is 0. The average Bonchev–Trinajstić information content (AvgIpc) is 3.78. The van der Waals surface area contributed by atoms with Crippen LogP contribution in [-0.4, -0.2) is 40.7 Å². The van der Waals surface area contributed by atoms with E-state index in [1.54, 1.807) is 6.20 Å². The van der Waals surface area contributed by atoms with Gasteiger partial charge in [-0.25, -0.2) is 4.98 Å². The average molecular weight is 916 g/mol. The Bertz CT molecular complexity index is 3320. The molecule has 0 spiro atoms. The largest absolute Gasteiger partial charge is 0.278 e. The second-order valence-corrected chi connectivity index (χ2v) is 25.0. The van der Waals surface area contributed by atoms with Gasteiger partial charge in [0.25, 0.3) is 0 Å². The first-order valence-corrected chi connectivity index (χ1v) is 27.4. The molecule has 69 heavy (non-hydrogen) atoms. The normalized spacial score (nSPS) is 11.8. The fourth-order valence-electron chi connectivity index (χ4n) is 10.7. The second-order valence-electron chi connectivity index (χ2n) is 17.4. The lowest BCUT2D eigenvalue weighted by Gasteiger charge is -2.38. The van der Waals surface area contributed by atoms with Crippen LogP contribution in [0.2, 0.25) is 0 Å².